The number of benzene rings is 2. The first-order valence-corrected chi connectivity index (χ1v) is 24.0. The Morgan fingerprint density at radius 2 is 1.78 bits per heavy atom. The summed E-state index contributed by atoms with van der Waals surface area (Å²) in [5, 5.41) is 9.20. The van der Waals surface area contributed by atoms with Crippen LogP contribution in [0.3, 0.4) is 0 Å². The molecule has 3 N–H and O–H groups in total. The van der Waals surface area contributed by atoms with Crippen LogP contribution in [-0.2, 0) is 24.4 Å². The highest BCUT2D eigenvalue weighted by molar-refractivity contribution is 7.91. The maximum atomic E-state index is 14.9. The summed E-state index contributed by atoms with van der Waals surface area (Å²) in [6.45, 7) is 15.1. The zero-order chi connectivity index (χ0) is 46.1. The van der Waals surface area contributed by atoms with Gasteiger partial charge < -0.3 is 25.0 Å². The standard InChI is InChI=1S/C47H56F2N6O7S2/c1-8-10-11-12-13-14-35(50-32-20-30(48)19-31(49)21-32)44(57)55-25-33(22-38(55)42(56)53-47(24-29(47)9-2)45(58)54-64(59,60)46(6)17-18-46)62-40-23-36(43-52-37(26-63-43)27(3)4)51-41-28(5)39(61-7)16-15-34(40)41/h8-9,15-16,19-21,23,26-27,29,33,35,38,50H,1-2,10-14,17-18,22,24-25H2,3-7H3,(H,53,56)(H,54,58)/t29-,33-,35+,38+,47-/m1/s1. The first-order valence-electron chi connectivity index (χ1n) is 21.7. The molecule has 2 aromatic carbocycles. The summed E-state index contributed by atoms with van der Waals surface area (Å²) in [5.41, 5.74) is 1.28. The van der Waals surface area contributed by atoms with Crippen molar-refractivity contribution in [2.45, 2.75) is 120 Å². The van der Waals surface area contributed by atoms with Gasteiger partial charge in [0.15, 0.2) is 0 Å². The molecule has 0 unspecified atom stereocenters. The fraction of sp³-hybridized carbons (Fsp3) is 0.468. The number of pyridine rings is 1. The van der Waals surface area contributed by atoms with E-state index in [2.05, 4.69) is 42.4 Å². The number of allylic oxidation sites excluding steroid dienone is 1. The molecule has 17 heteroatoms. The summed E-state index contributed by atoms with van der Waals surface area (Å²) < 4.78 is 68.9. The van der Waals surface area contributed by atoms with Gasteiger partial charge in [-0.05, 0) is 82.6 Å². The SMILES string of the molecule is C=CCCCCC[C@H](Nc1cc(F)cc(F)c1)C(=O)N1C[C@H](Oc2cc(-c3nc(C(C)C)cs3)nc3c(C)c(OC)ccc23)C[C@H]1C(=O)N[C@]1(C(=O)NS(=O)(=O)C2(C)CC2)C[C@H]1C=C. The van der Waals surface area contributed by atoms with Crippen LogP contribution < -0.4 is 24.8 Å². The quantitative estimate of drug-likeness (QED) is 0.0582. The molecule has 7 rings (SSSR count). The number of carbonyl (C=O) groups is 3. The number of aryl methyl sites for hydroxylation is 1. The second kappa shape index (κ2) is 18.6. The number of amides is 3. The number of ether oxygens (including phenoxy) is 2. The van der Waals surface area contributed by atoms with Crippen molar-refractivity contribution >= 4 is 55.7 Å². The van der Waals surface area contributed by atoms with E-state index in [4.69, 9.17) is 19.4 Å². The zero-order valence-corrected chi connectivity index (χ0v) is 38.5. The predicted molar refractivity (Wildman–Crippen MR) is 244 cm³/mol. The summed E-state index contributed by atoms with van der Waals surface area (Å²) in [4.78, 5) is 54.7. The monoisotopic (exact) mass is 918 g/mol. The molecule has 2 saturated carbocycles. The number of hydrogen-bond acceptors (Lipinski definition) is 11. The predicted octanol–water partition coefficient (Wildman–Crippen LogP) is 8.10. The van der Waals surface area contributed by atoms with E-state index in [1.54, 1.807) is 20.1 Å². The number of aromatic nitrogens is 2. The van der Waals surface area contributed by atoms with Crippen LogP contribution in [0.4, 0.5) is 14.5 Å². The van der Waals surface area contributed by atoms with Crippen LogP contribution in [0.25, 0.3) is 21.6 Å². The highest BCUT2D eigenvalue weighted by Crippen LogP contribution is 2.47. The number of sulfonamides is 1. The molecule has 0 bridgehead atoms. The van der Waals surface area contributed by atoms with Gasteiger partial charge in [-0.2, -0.15) is 0 Å². The number of fused-ring (bicyclic) bond motifs is 1. The lowest BCUT2D eigenvalue weighted by molar-refractivity contribution is -0.140. The lowest BCUT2D eigenvalue weighted by atomic mass is 10.0. The summed E-state index contributed by atoms with van der Waals surface area (Å²) in [5.74, 6) is -3.09. The van der Waals surface area contributed by atoms with E-state index < -0.39 is 73.8 Å². The summed E-state index contributed by atoms with van der Waals surface area (Å²) in [7, 11) is -2.47. The molecular formula is C47H56F2N6O7S2. The smallest absolute Gasteiger partial charge is 0.259 e. The van der Waals surface area contributed by atoms with E-state index >= 15 is 0 Å². The number of thiazole rings is 1. The Hall–Kier alpha value is -5.42. The van der Waals surface area contributed by atoms with Gasteiger partial charge in [0.05, 0.1) is 29.6 Å². The molecule has 13 nitrogen and oxygen atoms in total. The first-order chi connectivity index (χ1) is 30.4. The topological polar surface area (TPSA) is 169 Å². The number of carbonyl (C=O) groups excluding carboxylic acids is 3. The summed E-state index contributed by atoms with van der Waals surface area (Å²) >= 11 is 1.45. The molecule has 0 spiro atoms. The van der Waals surface area contributed by atoms with E-state index in [1.807, 2.05) is 30.5 Å². The fourth-order valence-electron chi connectivity index (χ4n) is 8.26. The van der Waals surface area contributed by atoms with Crippen LogP contribution in [0.15, 0.2) is 67.1 Å². The molecule has 4 aromatic rings. The molecule has 64 heavy (non-hydrogen) atoms. The third-order valence-corrected chi connectivity index (χ3v) is 15.7. The minimum atomic E-state index is -4.05. The molecule has 1 saturated heterocycles. The van der Waals surface area contributed by atoms with Crippen molar-refractivity contribution in [2.75, 3.05) is 19.0 Å². The third kappa shape index (κ3) is 9.65. The number of halogens is 2. The number of rotatable bonds is 20. The van der Waals surface area contributed by atoms with Crippen LogP contribution in [0.1, 0.15) is 95.7 Å². The number of unbranched alkanes of at least 4 members (excludes halogenated alkanes) is 3. The van der Waals surface area contributed by atoms with Crippen molar-refractivity contribution in [2.24, 2.45) is 5.92 Å². The molecule has 342 valence electrons. The van der Waals surface area contributed by atoms with Gasteiger partial charge in [-0.15, -0.1) is 24.5 Å². The molecule has 1 aliphatic heterocycles. The van der Waals surface area contributed by atoms with Crippen molar-refractivity contribution in [3.05, 3.63) is 90.0 Å². The van der Waals surface area contributed by atoms with Crippen molar-refractivity contribution in [1.82, 2.24) is 24.9 Å². The molecule has 3 amide bonds. The van der Waals surface area contributed by atoms with E-state index in [0.29, 0.717) is 52.4 Å². The average Bonchev–Trinajstić information content (AvgIpc) is 4.03. The molecule has 3 heterocycles. The van der Waals surface area contributed by atoms with E-state index in [9.17, 15) is 31.6 Å². The van der Waals surface area contributed by atoms with Crippen molar-refractivity contribution in [3.8, 4) is 22.2 Å². The van der Waals surface area contributed by atoms with Gasteiger partial charge in [0, 0.05) is 46.5 Å². The maximum absolute atomic E-state index is 14.9. The molecule has 2 aliphatic carbocycles. The van der Waals surface area contributed by atoms with Gasteiger partial charge in [-0.25, -0.2) is 27.2 Å². The number of nitrogens with zero attached hydrogens (tertiary/aromatic N) is 3. The van der Waals surface area contributed by atoms with Crippen molar-refractivity contribution < 1.29 is 41.1 Å². The average molecular weight is 919 g/mol. The van der Waals surface area contributed by atoms with Gasteiger partial charge in [-0.3, -0.25) is 19.1 Å². The Labute approximate surface area is 377 Å². The Morgan fingerprint density at radius 3 is 2.41 bits per heavy atom. The lowest BCUT2D eigenvalue weighted by Gasteiger charge is -2.30. The summed E-state index contributed by atoms with van der Waals surface area (Å²) in [6.07, 6.45) is 6.57. The third-order valence-electron chi connectivity index (χ3n) is 12.6. The highest BCUT2D eigenvalue weighted by atomic mass is 32.2. The van der Waals surface area contributed by atoms with Crippen molar-refractivity contribution in [3.63, 3.8) is 0 Å². The van der Waals surface area contributed by atoms with E-state index in [-0.39, 0.29) is 37.4 Å². The first kappa shape index (κ1) is 46.6. The Kier molecular flexibility index (Phi) is 13.5. The molecule has 3 aliphatic rings. The minimum absolute atomic E-state index is 0.0198. The largest absolute Gasteiger partial charge is 0.496 e. The number of likely N-dealkylation sites (tertiary alicyclic amines) is 1. The fourth-order valence-corrected chi connectivity index (χ4v) is 10.5. The normalized spacial score (nSPS) is 21.6. The second-order valence-electron chi connectivity index (χ2n) is 17.7. The number of nitrogens with one attached hydrogen (secondary N) is 3. The van der Waals surface area contributed by atoms with Crippen LogP contribution in [0.2, 0.25) is 0 Å². The minimum Gasteiger partial charge on any atom is -0.496 e. The van der Waals surface area contributed by atoms with Crippen LogP contribution in [0.5, 0.6) is 11.5 Å². The maximum Gasteiger partial charge on any atom is 0.259 e. The zero-order valence-electron chi connectivity index (χ0n) is 36.8. The van der Waals surface area contributed by atoms with Crippen LogP contribution >= 0.6 is 11.3 Å². The van der Waals surface area contributed by atoms with Gasteiger partial charge in [-0.1, -0.05) is 38.8 Å². The van der Waals surface area contributed by atoms with Gasteiger partial charge in [0.1, 0.15) is 57.6 Å². The van der Waals surface area contributed by atoms with E-state index in [0.717, 1.165) is 48.7 Å². The van der Waals surface area contributed by atoms with E-state index in [1.165, 1.54) is 22.3 Å². The second-order valence-corrected chi connectivity index (χ2v) is 20.7. The molecule has 3 fully saturated rings. The summed E-state index contributed by atoms with van der Waals surface area (Å²) in [6, 6.07) is 6.14. The number of methoxy groups -OCH3 is 1. The lowest BCUT2D eigenvalue weighted by Crippen LogP contribution is -2.58. The van der Waals surface area contributed by atoms with Gasteiger partial charge >= 0.3 is 0 Å². The van der Waals surface area contributed by atoms with Crippen LogP contribution in [-0.4, -0.2) is 83.1 Å². The molecule has 5 atom stereocenters. The molecule has 2 aromatic heterocycles. The van der Waals surface area contributed by atoms with Crippen molar-refractivity contribution in [1.29, 1.82) is 0 Å². The Bertz CT molecular complexity index is 2560. The van der Waals surface area contributed by atoms with Gasteiger partial charge in [0.2, 0.25) is 21.8 Å². The van der Waals surface area contributed by atoms with Gasteiger partial charge in [0.25, 0.3) is 5.91 Å². The Morgan fingerprint density at radius 1 is 1.05 bits per heavy atom. The number of anilines is 1. The Balaban J connectivity index is 1.24. The molecular weight excluding hydrogens is 863 g/mol. The molecule has 0 radical (unpaired) electrons. The number of hydrogen-bond donors (Lipinski definition) is 3. The van der Waals surface area contributed by atoms with Crippen LogP contribution in [0, 0.1) is 24.5 Å². The highest BCUT2D eigenvalue weighted by Gasteiger charge is 2.63.